The normalized spacial score (nSPS) is 20.5. The molecule has 9 heteroatoms. The van der Waals surface area contributed by atoms with Crippen molar-refractivity contribution in [3.8, 4) is 0 Å². The van der Waals surface area contributed by atoms with Gasteiger partial charge in [0.2, 0.25) is 5.91 Å². The Morgan fingerprint density at radius 1 is 1.27 bits per heavy atom. The Hall–Kier alpha value is -2.65. The molecule has 1 aromatic carbocycles. The average molecular weight is 473 g/mol. The van der Waals surface area contributed by atoms with Crippen LogP contribution >= 0.6 is 11.8 Å². The van der Waals surface area contributed by atoms with Crippen molar-refractivity contribution in [3.63, 3.8) is 0 Å². The molecular formula is C24H29FN4O3S. The molecule has 0 aromatic heterocycles. The number of allylic oxidation sites excluding steroid dienone is 1. The van der Waals surface area contributed by atoms with Crippen LogP contribution in [0.4, 0.5) is 4.39 Å². The highest BCUT2D eigenvalue weighted by Crippen LogP contribution is 2.45. The van der Waals surface area contributed by atoms with Gasteiger partial charge in [0, 0.05) is 24.4 Å². The minimum atomic E-state index is -0.750. The number of halogens is 1. The van der Waals surface area contributed by atoms with Crippen LogP contribution in [0.15, 0.2) is 51.6 Å². The molecule has 3 aliphatic rings. The maximum Gasteiger partial charge on any atom is 0.338 e. The Kier molecular flexibility index (Phi) is 7.49. The molecule has 176 valence electrons. The van der Waals surface area contributed by atoms with E-state index in [1.165, 1.54) is 37.8 Å². The molecule has 33 heavy (non-hydrogen) atoms. The van der Waals surface area contributed by atoms with Crippen LogP contribution in [-0.4, -0.2) is 60.1 Å². The van der Waals surface area contributed by atoms with E-state index in [1.54, 1.807) is 23.1 Å². The molecule has 0 bridgehead atoms. The quantitative estimate of drug-likeness (QED) is 0.583. The number of fused-ring (bicyclic) bond motifs is 1. The molecule has 0 spiro atoms. The Morgan fingerprint density at radius 2 is 2.03 bits per heavy atom. The first-order chi connectivity index (χ1) is 16.0. The number of ether oxygens (including phenoxy) is 1. The second kappa shape index (κ2) is 10.5. The Morgan fingerprint density at radius 3 is 2.73 bits per heavy atom. The van der Waals surface area contributed by atoms with Crippen LogP contribution in [0.3, 0.4) is 0 Å². The summed E-state index contributed by atoms with van der Waals surface area (Å²) in [4.78, 5) is 34.3. The van der Waals surface area contributed by atoms with E-state index >= 15 is 0 Å². The number of amides is 1. The summed E-state index contributed by atoms with van der Waals surface area (Å²) >= 11 is 1.38. The molecule has 1 unspecified atom stereocenters. The van der Waals surface area contributed by atoms with Crippen LogP contribution in [0.2, 0.25) is 0 Å². The molecule has 3 heterocycles. The predicted octanol–water partition coefficient (Wildman–Crippen LogP) is 3.57. The van der Waals surface area contributed by atoms with Gasteiger partial charge in [-0.25, -0.2) is 14.2 Å². The van der Waals surface area contributed by atoms with Crippen LogP contribution in [0.1, 0.15) is 44.2 Å². The number of carbonyl (C=O) groups excluding carboxylic acids is 2. The highest BCUT2D eigenvalue weighted by Gasteiger charge is 2.42. The lowest BCUT2D eigenvalue weighted by Crippen LogP contribution is -2.39. The van der Waals surface area contributed by atoms with E-state index in [9.17, 15) is 14.0 Å². The van der Waals surface area contributed by atoms with E-state index in [0.717, 1.165) is 19.6 Å². The second-order valence-electron chi connectivity index (χ2n) is 8.20. The van der Waals surface area contributed by atoms with Gasteiger partial charge in [-0.2, -0.15) is 0 Å². The molecule has 0 radical (unpaired) electrons. The smallest absolute Gasteiger partial charge is 0.338 e. The zero-order valence-corrected chi connectivity index (χ0v) is 19.8. The molecule has 7 nitrogen and oxygen atoms in total. The van der Waals surface area contributed by atoms with Crippen LogP contribution in [0.5, 0.6) is 0 Å². The SMILES string of the molecule is CCC1=C(C(=O)OC)C(c2ccccc2F)N2C(CC(=O)NCCN3CCCC3)=CSC2=N1. The second-order valence-corrected chi connectivity index (χ2v) is 9.03. The fourth-order valence-electron chi connectivity index (χ4n) is 4.49. The summed E-state index contributed by atoms with van der Waals surface area (Å²) in [5.41, 5.74) is 1.90. The Balaban J connectivity index is 1.58. The molecule has 0 aliphatic carbocycles. The maximum atomic E-state index is 15.0. The number of methoxy groups -OCH3 is 1. The van der Waals surface area contributed by atoms with E-state index in [2.05, 4.69) is 15.2 Å². The van der Waals surface area contributed by atoms with Crippen LogP contribution < -0.4 is 5.32 Å². The van der Waals surface area contributed by atoms with E-state index < -0.39 is 17.8 Å². The monoisotopic (exact) mass is 472 g/mol. The lowest BCUT2D eigenvalue weighted by atomic mass is 9.92. The number of thioether (sulfide) groups is 1. The number of benzene rings is 1. The standard InChI is InChI=1S/C24H29FN4O3S/c1-3-19-21(23(31)32-2)22(17-8-4-5-9-18(17)25)29-16(15-33-24(29)27-19)14-20(30)26-10-13-28-11-6-7-12-28/h4-5,8-9,15,22H,3,6-7,10-14H2,1-2H3,(H,26,30). The summed E-state index contributed by atoms with van der Waals surface area (Å²) < 4.78 is 20.0. The molecule has 1 atom stereocenters. The summed E-state index contributed by atoms with van der Waals surface area (Å²) in [5.74, 6) is -1.08. The van der Waals surface area contributed by atoms with E-state index in [4.69, 9.17) is 4.74 Å². The first kappa shape index (κ1) is 23.5. The summed E-state index contributed by atoms with van der Waals surface area (Å²) in [6.07, 6.45) is 3.04. The first-order valence-corrected chi connectivity index (χ1v) is 12.2. The van der Waals surface area contributed by atoms with Crippen molar-refractivity contribution < 1.29 is 18.7 Å². The van der Waals surface area contributed by atoms with Crippen molar-refractivity contribution in [3.05, 3.63) is 58.0 Å². The van der Waals surface area contributed by atoms with Gasteiger partial charge >= 0.3 is 5.97 Å². The number of likely N-dealkylation sites (tertiary alicyclic amines) is 1. The van der Waals surface area contributed by atoms with Crippen molar-refractivity contribution in [1.29, 1.82) is 0 Å². The van der Waals surface area contributed by atoms with E-state index in [-0.39, 0.29) is 12.3 Å². The number of nitrogens with zero attached hydrogens (tertiary/aromatic N) is 3. The fraction of sp³-hybridized carbons (Fsp3) is 0.458. The van der Waals surface area contributed by atoms with Gasteiger partial charge in [0.25, 0.3) is 0 Å². The van der Waals surface area contributed by atoms with E-state index in [0.29, 0.717) is 40.7 Å². The summed E-state index contributed by atoms with van der Waals surface area (Å²) in [6, 6.07) is 5.64. The number of hydrogen-bond acceptors (Lipinski definition) is 7. The summed E-state index contributed by atoms with van der Waals surface area (Å²) in [7, 11) is 1.31. The molecule has 1 amide bonds. The van der Waals surface area contributed by atoms with Crippen molar-refractivity contribution in [2.45, 2.75) is 38.6 Å². The fourth-order valence-corrected chi connectivity index (χ4v) is 5.43. The zero-order chi connectivity index (χ0) is 23.4. The molecule has 3 aliphatic heterocycles. The molecule has 1 N–H and O–H groups in total. The zero-order valence-electron chi connectivity index (χ0n) is 19.0. The van der Waals surface area contributed by atoms with Gasteiger partial charge in [-0.05, 0) is 43.8 Å². The van der Waals surface area contributed by atoms with Crippen molar-refractivity contribution in [2.24, 2.45) is 4.99 Å². The van der Waals surface area contributed by atoms with Gasteiger partial charge in [0.05, 0.1) is 30.8 Å². The van der Waals surface area contributed by atoms with Gasteiger partial charge in [0.1, 0.15) is 5.82 Å². The lowest BCUT2D eigenvalue weighted by Gasteiger charge is -2.36. The third kappa shape index (κ3) is 4.99. The van der Waals surface area contributed by atoms with Crippen LogP contribution in [0, 0.1) is 5.82 Å². The highest BCUT2D eigenvalue weighted by atomic mass is 32.2. The average Bonchev–Trinajstić information content (AvgIpc) is 3.48. The van der Waals surface area contributed by atoms with E-state index in [1.807, 2.05) is 12.3 Å². The number of amidine groups is 1. The topological polar surface area (TPSA) is 74.2 Å². The first-order valence-electron chi connectivity index (χ1n) is 11.3. The number of rotatable bonds is 8. The molecule has 0 saturated carbocycles. The third-order valence-corrected chi connectivity index (χ3v) is 7.01. The third-order valence-electron chi connectivity index (χ3n) is 6.12. The molecule has 4 rings (SSSR count). The van der Waals surface area contributed by atoms with Gasteiger partial charge < -0.3 is 19.9 Å². The van der Waals surface area contributed by atoms with Crippen molar-refractivity contribution in [1.82, 2.24) is 15.1 Å². The molecule has 1 aromatic rings. The van der Waals surface area contributed by atoms with Crippen molar-refractivity contribution >= 4 is 28.8 Å². The predicted molar refractivity (Wildman–Crippen MR) is 127 cm³/mol. The van der Waals surface area contributed by atoms with Gasteiger partial charge in [0.15, 0.2) is 5.17 Å². The Bertz CT molecular complexity index is 1020. The minimum Gasteiger partial charge on any atom is -0.466 e. The van der Waals surface area contributed by atoms with Crippen molar-refractivity contribution in [2.75, 3.05) is 33.3 Å². The minimum absolute atomic E-state index is 0.112. The molecular weight excluding hydrogens is 443 g/mol. The van der Waals surface area contributed by atoms with Crippen LogP contribution in [-0.2, 0) is 14.3 Å². The summed E-state index contributed by atoms with van der Waals surface area (Å²) in [6.45, 7) is 5.49. The number of carbonyl (C=O) groups is 2. The number of hydrogen-bond donors (Lipinski definition) is 1. The lowest BCUT2D eigenvalue weighted by molar-refractivity contribution is -0.136. The van der Waals surface area contributed by atoms with Gasteiger partial charge in [-0.15, -0.1) is 0 Å². The molecule has 1 saturated heterocycles. The number of aliphatic imine (C=N–C) groups is 1. The summed E-state index contributed by atoms with van der Waals surface area (Å²) in [5, 5.41) is 5.48. The Labute approximate surface area is 197 Å². The van der Waals surface area contributed by atoms with Gasteiger partial charge in [-0.1, -0.05) is 36.9 Å². The maximum absolute atomic E-state index is 15.0. The van der Waals surface area contributed by atoms with Crippen LogP contribution in [0.25, 0.3) is 0 Å². The number of nitrogens with one attached hydrogen (secondary N) is 1. The molecule has 1 fully saturated rings. The highest BCUT2D eigenvalue weighted by molar-refractivity contribution is 8.16. The number of esters is 1. The largest absolute Gasteiger partial charge is 0.466 e. The van der Waals surface area contributed by atoms with Gasteiger partial charge in [-0.3, -0.25) is 4.79 Å².